The van der Waals surface area contributed by atoms with Crippen LogP contribution >= 0.6 is 0 Å². The number of carbonyl (C=O) groups is 1. The Kier molecular flexibility index (Phi) is 5.79. The highest BCUT2D eigenvalue weighted by Crippen LogP contribution is 2.24. The number of ether oxygens (including phenoxy) is 2. The Balaban J connectivity index is 2.68. The second-order valence-electron chi connectivity index (χ2n) is 4.84. The van der Waals surface area contributed by atoms with Crippen LogP contribution in [0.3, 0.4) is 0 Å². The molecule has 6 nitrogen and oxygen atoms in total. The highest BCUT2D eigenvalue weighted by atomic mass is 16.5. The number of anilines is 1. The molecule has 0 heterocycles. The van der Waals surface area contributed by atoms with Gasteiger partial charge in [-0.05, 0) is 19.1 Å². The molecule has 0 bridgehead atoms. The Morgan fingerprint density at radius 3 is 2.75 bits per heavy atom. The van der Waals surface area contributed by atoms with Crippen LogP contribution in [0, 0.1) is 0 Å². The fraction of sp³-hybridized carbons (Fsp3) is 0.500. The van der Waals surface area contributed by atoms with Crippen molar-refractivity contribution in [2.24, 2.45) is 0 Å². The number of hydrogen-bond acceptors (Lipinski definition) is 5. The van der Waals surface area contributed by atoms with Crippen LogP contribution in [-0.2, 0) is 4.74 Å². The van der Waals surface area contributed by atoms with Gasteiger partial charge < -0.3 is 25.6 Å². The normalized spacial score (nSPS) is 13.6. The third-order valence-electron chi connectivity index (χ3n) is 3.01. The van der Waals surface area contributed by atoms with Crippen LogP contribution < -0.4 is 15.8 Å². The highest BCUT2D eigenvalue weighted by Gasteiger charge is 2.22. The Morgan fingerprint density at radius 1 is 1.45 bits per heavy atom. The Hall–Kier alpha value is -1.79. The number of aliphatic hydroxyl groups is 1. The zero-order valence-electron chi connectivity index (χ0n) is 12.1. The Morgan fingerprint density at radius 2 is 2.15 bits per heavy atom. The summed E-state index contributed by atoms with van der Waals surface area (Å²) in [5.41, 5.74) is 5.42. The molecule has 112 valence electrons. The van der Waals surface area contributed by atoms with Gasteiger partial charge in [0.25, 0.3) is 5.91 Å². The van der Waals surface area contributed by atoms with E-state index < -0.39 is 5.60 Å². The summed E-state index contributed by atoms with van der Waals surface area (Å²) in [4.78, 5) is 12.1. The first kappa shape index (κ1) is 16.3. The van der Waals surface area contributed by atoms with Gasteiger partial charge in [0, 0.05) is 26.7 Å². The van der Waals surface area contributed by atoms with Crippen LogP contribution in [0.25, 0.3) is 0 Å². The van der Waals surface area contributed by atoms with Gasteiger partial charge in [0.2, 0.25) is 0 Å². The lowest BCUT2D eigenvalue weighted by molar-refractivity contribution is 0.0244. The van der Waals surface area contributed by atoms with Crippen molar-refractivity contribution in [2.45, 2.75) is 18.9 Å². The number of methoxy groups -OCH3 is 2. The van der Waals surface area contributed by atoms with Crippen LogP contribution in [0.5, 0.6) is 5.75 Å². The average molecular weight is 282 g/mol. The van der Waals surface area contributed by atoms with E-state index in [-0.39, 0.29) is 18.1 Å². The van der Waals surface area contributed by atoms with Gasteiger partial charge >= 0.3 is 0 Å². The van der Waals surface area contributed by atoms with Crippen LogP contribution in [0.15, 0.2) is 18.2 Å². The monoisotopic (exact) mass is 282 g/mol. The summed E-state index contributed by atoms with van der Waals surface area (Å²) in [5, 5.41) is 12.7. The number of hydrogen-bond donors (Lipinski definition) is 3. The minimum Gasteiger partial charge on any atom is -0.495 e. The van der Waals surface area contributed by atoms with Gasteiger partial charge in [-0.15, -0.1) is 0 Å². The first-order chi connectivity index (χ1) is 9.41. The fourth-order valence-electron chi connectivity index (χ4n) is 1.70. The molecule has 1 rings (SSSR count). The SMILES string of the molecule is COCCC(C)(O)CNC(=O)c1cccc(OC)c1N. The maximum Gasteiger partial charge on any atom is 0.253 e. The van der Waals surface area contributed by atoms with Gasteiger partial charge in [0.15, 0.2) is 0 Å². The molecule has 1 unspecified atom stereocenters. The van der Waals surface area contributed by atoms with E-state index in [9.17, 15) is 9.90 Å². The molecular formula is C14H22N2O4. The first-order valence-corrected chi connectivity index (χ1v) is 6.33. The predicted molar refractivity (Wildman–Crippen MR) is 76.9 cm³/mol. The standard InChI is InChI=1S/C14H22N2O4/c1-14(18,7-8-19-2)9-16-13(17)10-5-4-6-11(20-3)12(10)15/h4-6,18H,7-9,15H2,1-3H3,(H,16,17). The minimum atomic E-state index is -1.03. The minimum absolute atomic E-state index is 0.117. The zero-order valence-corrected chi connectivity index (χ0v) is 12.1. The lowest BCUT2D eigenvalue weighted by Gasteiger charge is -2.23. The smallest absolute Gasteiger partial charge is 0.253 e. The van der Waals surface area contributed by atoms with E-state index in [0.717, 1.165) is 0 Å². The summed E-state index contributed by atoms with van der Waals surface area (Å²) in [7, 11) is 3.05. The molecular weight excluding hydrogens is 260 g/mol. The van der Waals surface area contributed by atoms with Crippen molar-refractivity contribution < 1.29 is 19.4 Å². The number of nitrogens with two attached hydrogens (primary N) is 1. The van der Waals surface area contributed by atoms with E-state index in [0.29, 0.717) is 24.3 Å². The Labute approximate surface area is 118 Å². The average Bonchev–Trinajstić information content (AvgIpc) is 2.43. The third kappa shape index (κ3) is 4.40. The molecule has 0 aliphatic rings. The lowest BCUT2D eigenvalue weighted by atomic mass is 10.0. The van der Waals surface area contributed by atoms with Crippen molar-refractivity contribution in [2.75, 3.05) is 33.1 Å². The predicted octanol–water partition coefficient (Wildman–Crippen LogP) is 0.795. The van der Waals surface area contributed by atoms with Crippen LogP contribution in [-0.4, -0.2) is 44.0 Å². The van der Waals surface area contributed by atoms with Crippen molar-refractivity contribution in [3.8, 4) is 5.75 Å². The number of benzene rings is 1. The number of amides is 1. The van der Waals surface area contributed by atoms with E-state index in [1.165, 1.54) is 7.11 Å². The molecule has 0 aliphatic heterocycles. The van der Waals surface area contributed by atoms with Gasteiger partial charge in [-0.2, -0.15) is 0 Å². The van der Waals surface area contributed by atoms with Gasteiger partial charge in [-0.1, -0.05) is 6.07 Å². The van der Waals surface area contributed by atoms with E-state index in [2.05, 4.69) is 5.32 Å². The van der Waals surface area contributed by atoms with Crippen molar-refractivity contribution in [3.05, 3.63) is 23.8 Å². The molecule has 0 fully saturated rings. The number of nitrogens with one attached hydrogen (secondary N) is 1. The molecule has 1 aromatic carbocycles. The molecule has 0 saturated heterocycles. The number of rotatable bonds is 7. The summed E-state index contributed by atoms with van der Waals surface area (Å²) in [5.74, 6) is 0.0999. The van der Waals surface area contributed by atoms with E-state index in [1.807, 2.05) is 0 Å². The van der Waals surface area contributed by atoms with E-state index >= 15 is 0 Å². The van der Waals surface area contributed by atoms with Gasteiger partial charge in [-0.3, -0.25) is 4.79 Å². The quantitative estimate of drug-likeness (QED) is 0.643. The first-order valence-electron chi connectivity index (χ1n) is 6.33. The largest absolute Gasteiger partial charge is 0.495 e. The second-order valence-corrected chi connectivity index (χ2v) is 4.84. The summed E-state index contributed by atoms with van der Waals surface area (Å²) in [6, 6.07) is 4.98. The van der Waals surface area contributed by atoms with Crippen LogP contribution in [0.1, 0.15) is 23.7 Å². The van der Waals surface area contributed by atoms with Crippen molar-refractivity contribution in [3.63, 3.8) is 0 Å². The summed E-state index contributed by atoms with van der Waals surface area (Å²) >= 11 is 0. The maximum atomic E-state index is 12.1. The molecule has 6 heteroatoms. The number of carbonyl (C=O) groups excluding carboxylic acids is 1. The summed E-state index contributed by atoms with van der Waals surface area (Å²) in [6.45, 7) is 2.18. The van der Waals surface area contributed by atoms with Gasteiger partial charge in [0.1, 0.15) is 5.75 Å². The lowest BCUT2D eigenvalue weighted by Crippen LogP contribution is -2.41. The van der Waals surface area contributed by atoms with E-state index in [1.54, 1.807) is 32.2 Å². The summed E-state index contributed by atoms with van der Waals surface area (Å²) < 4.78 is 9.97. The van der Waals surface area contributed by atoms with Crippen molar-refractivity contribution in [1.29, 1.82) is 0 Å². The fourth-order valence-corrected chi connectivity index (χ4v) is 1.70. The molecule has 1 atom stereocenters. The second kappa shape index (κ2) is 7.12. The zero-order chi connectivity index (χ0) is 15.2. The number of para-hydroxylation sites is 1. The molecule has 0 spiro atoms. The van der Waals surface area contributed by atoms with Crippen molar-refractivity contribution in [1.82, 2.24) is 5.32 Å². The Bertz CT molecular complexity index is 460. The summed E-state index contributed by atoms with van der Waals surface area (Å²) in [6.07, 6.45) is 0.428. The highest BCUT2D eigenvalue weighted by molar-refractivity contribution is 6.00. The van der Waals surface area contributed by atoms with Crippen LogP contribution in [0.4, 0.5) is 5.69 Å². The molecule has 1 aromatic rings. The topological polar surface area (TPSA) is 93.8 Å². The molecule has 0 aromatic heterocycles. The van der Waals surface area contributed by atoms with Crippen LogP contribution in [0.2, 0.25) is 0 Å². The molecule has 1 amide bonds. The van der Waals surface area contributed by atoms with Gasteiger partial charge in [0.05, 0.1) is 24.0 Å². The molecule has 0 radical (unpaired) electrons. The molecule has 20 heavy (non-hydrogen) atoms. The third-order valence-corrected chi connectivity index (χ3v) is 3.01. The molecule has 0 aliphatic carbocycles. The van der Waals surface area contributed by atoms with E-state index in [4.69, 9.17) is 15.2 Å². The van der Waals surface area contributed by atoms with Crippen molar-refractivity contribution >= 4 is 11.6 Å². The molecule has 4 N–H and O–H groups in total. The van der Waals surface area contributed by atoms with Gasteiger partial charge in [-0.25, -0.2) is 0 Å². The maximum absolute atomic E-state index is 12.1. The number of nitrogen functional groups attached to an aromatic ring is 1. The molecule has 0 saturated carbocycles.